The number of aromatic amines is 1. The smallest absolute Gasteiger partial charge is 0.116 e. The van der Waals surface area contributed by atoms with Gasteiger partial charge in [0.25, 0.3) is 0 Å². The van der Waals surface area contributed by atoms with E-state index in [0.29, 0.717) is 5.69 Å². The standard InChI is InChI=1S/C7H10N2O/c1-3-6(10)7-5(2)8-4-9-7/h3-4,6,10H,1H2,2H3,(H,8,9). The number of nitrogens with zero attached hydrogens (tertiary/aromatic N) is 1. The molecular weight excluding hydrogens is 128 g/mol. The quantitative estimate of drug-likeness (QED) is 0.597. The summed E-state index contributed by atoms with van der Waals surface area (Å²) in [5, 5.41) is 9.20. The summed E-state index contributed by atoms with van der Waals surface area (Å²) in [5.74, 6) is 0. The van der Waals surface area contributed by atoms with E-state index in [9.17, 15) is 5.11 Å². The lowest BCUT2D eigenvalue weighted by Crippen LogP contribution is -1.94. The fourth-order valence-electron chi connectivity index (χ4n) is 0.779. The van der Waals surface area contributed by atoms with Crippen LogP contribution in [-0.4, -0.2) is 15.1 Å². The van der Waals surface area contributed by atoms with Crippen molar-refractivity contribution in [2.45, 2.75) is 13.0 Å². The van der Waals surface area contributed by atoms with Crippen molar-refractivity contribution in [1.29, 1.82) is 0 Å². The van der Waals surface area contributed by atoms with Crippen LogP contribution in [0.1, 0.15) is 17.5 Å². The Labute approximate surface area is 59.4 Å². The Balaban J connectivity index is 2.92. The summed E-state index contributed by atoms with van der Waals surface area (Å²) in [4.78, 5) is 6.77. The lowest BCUT2D eigenvalue weighted by molar-refractivity contribution is 0.224. The van der Waals surface area contributed by atoms with Gasteiger partial charge in [0.05, 0.1) is 12.0 Å². The summed E-state index contributed by atoms with van der Waals surface area (Å²) < 4.78 is 0. The van der Waals surface area contributed by atoms with Gasteiger partial charge < -0.3 is 10.1 Å². The molecule has 0 saturated carbocycles. The molecule has 0 spiro atoms. The zero-order valence-electron chi connectivity index (χ0n) is 5.83. The highest BCUT2D eigenvalue weighted by molar-refractivity contribution is 5.15. The van der Waals surface area contributed by atoms with E-state index in [2.05, 4.69) is 16.5 Å². The number of aliphatic hydroxyl groups excluding tert-OH is 1. The number of hydrogen-bond acceptors (Lipinski definition) is 2. The third-order valence-electron chi connectivity index (χ3n) is 1.37. The summed E-state index contributed by atoms with van der Waals surface area (Å²) in [6.45, 7) is 5.31. The number of H-pyrrole nitrogens is 1. The number of aromatic nitrogens is 2. The van der Waals surface area contributed by atoms with Crippen LogP contribution in [0, 0.1) is 6.92 Å². The first-order valence-corrected chi connectivity index (χ1v) is 3.06. The molecule has 2 N–H and O–H groups in total. The van der Waals surface area contributed by atoms with Crippen molar-refractivity contribution in [1.82, 2.24) is 9.97 Å². The first-order chi connectivity index (χ1) is 4.75. The van der Waals surface area contributed by atoms with Crippen LogP contribution in [0.4, 0.5) is 0 Å². The monoisotopic (exact) mass is 138 g/mol. The van der Waals surface area contributed by atoms with Crippen LogP contribution in [0.25, 0.3) is 0 Å². The molecule has 1 heterocycles. The molecule has 0 aliphatic heterocycles. The van der Waals surface area contributed by atoms with Gasteiger partial charge in [-0.2, -0.15) is 0 Å². The van der Waals surface area contributed by atoms with Crippen LogP contribution in [0.3, 0.4) is 0 Å². The average Bonchev–Trinajstić information content (AvgIpc) is 2.34. The van der Waals surface area contributed by atoms with E-state index in [-0.39, 0.29) is 0 Å². The van der Waals surface area contributed by atoms with Gasteiger partial charge in [0.1, 0.15) is 6.10 Å². The molecule has 0 radical (unpaired) electrons. The number of imidazole rings is 1. The highest BCUT2D eigenvalue weighted by atomic mass is 16.3. The number of nitrogens with one attached hydrogen (secondary N) is 1. The van der Waals surface area contributed by atoms with Crippen LogP contribution in [0.15, 0.2) is 19.0 Å². The Morgan fingerprint density at radius 1 is 1.90 bits per heavy atom. The third-order valence-corrected chi connectivity index (χ3v) is 1.37. The first kappa shape index (κ1) is 7.02. The van der Waals surface area contributed by atoms with Crippen molar-refractivity contribution in [2.24, 2.45) is 0 Å². The van der Waals surface area contributed by atoms with Crippen molar-refractivity contribution in [3.8, 4) is 0 Å². The predicted octanol–water partition coefficient (Wildman–Crippen LogP) is 0.938. The van der Waals surface area contributed by atoms with Gasteiger partial charge in [-0.25, -0.2) is 4.98 Å². The molecule has 0 fully saturated rings. The minimum absolute atomic E-state index is 0.647. The van der Waals surface area contributed by atoms with Gasteiger partial charge in [0.2, 0.25) is 0 Å². The van der Waals surface area contributed by atoms with Crippen LogP contribution in [-0.2, 0) is 0 Å². The molecule has 1 atom stereocenters. The average molecular weight is 138 g/mol. The topological polar surface area (TPSA) is 48.9 Å². The van der Waals surface area contributed by atoms with Crippen molar-refractivity contribution >= 4 is 0 Å². The summed E-state index contributed by atoms with van der Waals surface area (Å²) >= 11 is 0. The van der Waals surface area contributed by atoms with Crippen molar-refractivity contribution in [2.75, 3.05) is 0 Å². The Morgan fingerprint density at radius 2 is 2.60 bits per heavy atom. The first-order valence-electron chi connectivity index (χ1n) is 3.06. The zero-order chi connectivity index (χ0) is 7.56. The molecule has 0 aromatic carbocycles. The Bertz CT molecular complexity index is 229. The highest BCUT2D eigenvalue weighted by Crippen LogP contribution is 2.12. The van der Waals surface area contributed by atoms with Gasteiger partial charge in [0, 0.05) is 5.69 Å². The molecular formula is C7H10N2O. The van der Waals surface area contributed by atoms with Crippen LogP contribution in [0.5, 0.6) is 0 Å². The summed E-state index contributed by atoms with van der Waals surface area (Å²) in [7, 11) is 0. The van der Waals surface area contributed by atoms with E-state index in [1.807, 2.05) is 6.92 Å². The highest BCUT2D eigenvalue weighted by Gasteiger charge is 2.07. The van der Waals surface area contributed by atoms with Gasteiger partial charge in [-0.15, -0.1) is 6.58 Å². The summed E-state index contributed by atoms with van der Waals surface area (Å²) in [6.07, 6.45) is 2.35. The number of hydrogen-bond donors (Lipinski definition) is 2. The maximum absolute atomic E-state index is 9.20. The van der Waals surface area contributed by atoms with Gasteiger partial charge in [0.15, 0.2) is 0 Å². The molecule has 1 unspecified atom stereocenters. The van der Waals surface area contributed by atoms with E-state index in [1.54, 1.807) is 6.33 Å². The van der Waals surface area contributed by atoms with Crippen LogP contribution in [0.2, 0.25) is 0 Å². The second-order valence-corrected chi connectivity index (χ2v) is 2.09. The fraction of sp³-hybridized carbons (Fsp3) is 0.286. The second kappa shape index (κ2) is 2.66. The molecule has 3 heteroatoms. The normalized spacial score (nSPS) is 13.0. The molecule has 54 valence electrons. The molecule has 0 aliphatic rings. The molecule has 1 aromatic rings. The van der Waals surface area contributed by atoms with E-state index in [1.165, 1.54) is 6.08 Å². The van der Waals surface area contributed by atoms with E-state index in [0.717, 1.165) is 5.69 Å². The summed E-state index contributed by atoms with van der Waals surface area (Å²) in [6, 6.07) is 0. The molecule has 0 amide bonds. The van der Waals surface area contributed by atoms with E-state index >= 15 is 0 Å². The van der Waals surface area contributed by atoms with Crippen molar-refractivity contribution in [3.05, 3.63) is 30.4 Å². The minimum atomic E-state index is -0.647. The van der Waals surface area contributed by atoms with Gasteiger partial charge in [-0.05, 0) is 6.92 Å². The van der Waals surface area contributed by atoms with Crippen molar-refractivity contribution in [3.63, 3.8) is 0 Å². The Kier molecular flexibility index (Phi) is 1.87. The lowest BCUT2D eigenvalue weighted by Gasteiger charge is -2.00. The maximum Gasteiger partial charge on any atom is 0.116 e. The Morgan fingerprint density at radius 3 is 3.00 bits per heavy atom. The maximum atomic E-state index is 9.20. The molecule has 0 saturated heterocycles. The number of aliphatic hydroxyl groups is 1. The van der Waals surface area contributed by atoms with Gasteiger partial charge in [-0.1, -0.05) is 6.08 Å². The number of aryl methyl sites for hydroxylation is 1. The van der Waals surface area contributed by atoms with Gasteiger partial charge >= 0.3 is 0 Å². The van der Waals surface area contributed by atoms with E-state index < -0.39 is 6.10 Å². The fourth-order valence-corrected chi connectivity index (χ4v) is 0.779. The molecule has 1 rings (SSSR count). The zero-order valence-corrected chi connectivity index (χ0v) is 5.83. The summed E-state index contributed by atoms with van der Waals surface area (Å²) in [5.41, 5.74) is 1.53. The lowest BCUT2D eigenvalue weighted by atomic mass is 10.2. The molecule has 0 bridgehead atoms. The number of rotatable bonds is 2. The van der Waals surface area contributed by atoms with Crippen molar-refractivity contribution < 1.29 is 5.11 Å². The SMILES string of the molecule is C=CC(O)c1nc[nH]c1C. The van der Waals surface area contributed by atoms with Gasteiger partial charge in [-0.3, -0.25) is 0 Å². The Hall–Kier alpha value is -1.09. The minimum Gasteiger partial charge on any atom is -0.383 e. The predicted molar refractivity (Wildman–Crippen MR) is 38.5 cm³/mol. The third kappa shape index (κ3) is 1.09. The van der Waals surface area contributed by atoms with Crippen LogP contribution < -0.4 is 0 Å². The van der Waals surface area contributed by atoms with Crippen LogP contribution >= 0.6 is 0 Å². The second-order valence-electron chi connectivity index (χ2n) is 2.09. The largest absolute Gasteiger partial charge is 0.383 e. The molecule has 3 nitrogen and oxygen atoms in total. The van der Waals surface area contributed by atoms with E-state index in [4.69, 9.17) is 0 Å². The molecule has 0 aliphatic carbocycles. The molecule has 1 aromatic heterocycles. The molecule has 10 heavy (non-hydrogen) atoms.